The number of hydrogen-bond acceptors (Lipinski definition) is 4. The van der Waals surface area contributed by atoms with Crippen LogP contribution in [0.15, 0.2) is 28.0 Å². The van der Waals surface area contributed by atoms with Crippen molar-refractivity contribution in [2.75, 3.05) is 13.1 Å². The molecule has 1 aromatic rings. The standard InChI is InChI=1S/C11H15NO5S/c1-4-6-12(5-2)18(15,16)10-7-9(11(13)14)17-8(10)3/h4,7H,1,5-6H2,2-3H3,(H,13,14). The normalized spacial score (nSPS) is 11.7. The Bertz CT molecular complexity index is 558. The Morgan fingerprint density at radius 3 is 2.61 bits per heavy atom. The molecule has 100 valence electrons. The van der Waals surface area contributed by atoms with Gasteiger partial charge >= 0.3 is 5.97 Å². The number of carboxylic acid groups (broad SMARTS) is 1. The minimum atomic E-state index is -3.75. The Hall–Kier alpha value is -1.60. The van der Waals surface area contributed by atoms with E-state index in [0.29, 0.717) is 0 Å². The van der Waals surface area contributed by atoms with Crippen LogP contribution in [0.1, 0.15) is 23.2 Å². The first-order chi connectivity index (χ1) is 8.34. The first-order valence-electron chi connectivity index (χ1n) is 5.29. The van der Waals surface area contributed by atoms with Crippen molar-refractivity contribution in [1.82, 2.24) is 4.31 Å². The van der Waals surface area contributed by atoms with Crippen LogP contribution in [0.5, 0.6) is 0 Å². The van der Waals surface area contributed by atoms with Crippen LogP contribution in [0.2, 0.25) is 0 Å². The molecule has 0 amide bonds. The van der Waals surface area contributed by atoms with Gasteiger partial charge in [-0.3, -0.25) is 0 Å². The maximum atomic E-state index is 12.2. The molecule has 1 N–H and O–H groups in total. The van der Waals surface area contributed by atoms with Crippen molar-refractivity contribution in [3.8, 4) is 0 Å². The second-order valence-electron chi connectivity index (χ2n) is 3.58. The lowest BCUT2D eigenvalue weighted by atomic mass is 10.4. The molecule has 0 atom stereocenters. The van der Waals surface area contributed by atoms with Crippen LogP contribution in [0.25, 0.3) is 0 Å². The number of likely N-dealkylation sites (N-methyl/N-ethyl adjacent to an activating group) is 1. The van der Waals surface area contributed by atoms with E-state index in [0.717, 1.165) is 6.07 Å². The second kappa shape index (κ2) is 5.36. The fraction of sp³-hybridized carbons (Fsp3) is 0.364. The molecule has 0 aliphatic heterocycles. The Kier molecular flexibility index (Phi) is 4.31. The molecule has 0 bridgehead atoms. The predicted octanol–water partition coefficient (Wildman–Crippen LogP) is 1.48. The van der Waals surface area contributed by atoms with Crippen molar-refractivity contribution in [1.29, 1.82) is 0 Å². The van der Waals surface area contributed by atoms with Crippen LogP contribution in [-0.2, 0) is 10.0 Å². The van der Waals surface area contributed by atoms with Gasteiger partial charge in [0.2, 0.25) is 15.8 Å². The van der Waals surface area contributed by atoms with E-state index in [2.05, 4.69) is 6.58 Å². The summed E-state index contributed by atoms with van der Waals surface area (Å²) in [5, 5.41) is 8.77. The molecule has 0 aliphatic rings. The van der Waals surface area contributed by atoms with Gasteiger partial charge in [0.15, 0.2) is 0 Å². The predicted molar refractivity (Wildman–Crippen MR) is 65.0 cm³/mol. The number of sulfonamides is 1. The SMILES string of the molecule is C=CCN(CC)S(=O)(=O)c1cc(C(=O)O)oc1C. The van der Waals surface area contributed by atoms with Gasteiger partial charge in [0.25, 0.3) is 0 Å². The number of furan rings is 1. The van der Waals surface area contributed by atoms with Gasteiger partial charge in [0, 0.05) is 19.2 Å². The van der Waals surface area contributed by atoms with E-state index >= 15 is 0 Å². The molecule has 0 unspecified atom stereocenters. The van der Waals surface area contributed by atoms with Crippen LogP contribution in [-0.4, -0.2) is 36.9 Å². The van der Waals surface area contributed by atoms with Crippen molar-refractivity contribution < 1.29 is 22.7 Å². The second-order valence-corrected chi connectivity index (χ2v) is 5.49. The summed E-state index contributed by atoms with van der Waals surface area (Å²) < 4.78 is 30.6. The summed E-state index contributed by atoms with van der Waals surface area (Å²) in [5.41, 5.74) is 0. The van der Waals surface area contributed by atoms with Gasteiger partial charge in [-0.05, 0) is 6.92 Å². The Morgan fingerprint density at radius 1 is 1.61 bits per heavy atom. The van der Waals surface area contributed by atoms with Crippen LogP contribution < -0.4 is 0 Å². The lowest BCUT2D eigenvalue weighted by Crippen LogP contribution is -2.31. The van der Waals surface area contributed by atoms with Crippen molar-refractivity contribution in [3.63, 3.8) is 0 Å². The van der Waals surface area contributed by atoms with Crippen LogP contribution in [0.4, 0.5) is 0 Å². The zero-order valence-electron chi connectivity index (χ0n) is 10.2. The highest BCUT2D eigenvalue weighted by atomic mass is 32.2. The summed E-state index contributed by atoms with van der Waals surface area (Å²) >= 11 is 0. The summed E-state index contributed by atoms with van der Waals surface area (Å²) in [6.45, 7) is 7.02. The molecule has 0 radical (unpaired) electrons. The fourth-order valence-electron chi connectivity index (χ4n) is 1.51. The smallest absolute Gasteiger partial charge is 0.371 e. The first kappa shape index (κ1) is 14.5. The van der Waals surface area contributed by atoms with Crippen LogP contribution >= 0.6 is 0 Å². The monoisotopic (exact) mass is 273 g/mol. The third-order valence-corrected chi connectivity index (χ3v) is 4.43. The molecule has 0 saturated heterocycles. The summed E-state index contributed by atoms with van der Waals surface area (Å²) in [5.74, 6) is -1.62. The summed E-state index contributed by atoms with van der Waals surface area (Å²) in [7, 11) is -3.75. The Morgan fingerprint density at radius 2 is 2.22 bits per heavy atom. The largest absolute Gasteiger partial charge is 0.475 e. The molecular weight excluding hydrogens is 258 g/mol. The highest BCUT2D eigenvalue weighted by Crippen LogP contribution is 2.23. The summed E-state index contributed by atoms with van der Waals surface area (Å²) in [4.78, 5) is 10.6. The molecule has 0 aromatic carbocycles. The van der Waals surface area contributed by atoms with E-state index in [1.165, 1.54) is 17.3 Å². The van der Waals surface area contributed by atoms with Gasteiger partial charge in [-0.25, -0.2) is 13.2 Å². The van der Waals surface area contributed by atoms with Crippen molar-refractivity contribution >= 4 is 16.0 Å². The molecule has 0 aliphatic carbocycles. The van der Waals surface area contributed by atoms with Gasteiger partial charge in [0.05, 0.1) is 0 Å². The van der Waals surface area contributed by atoms with E-state index in [-0.39, 0.29) is 29.5 Å². The lowest BCUT2D eigenvalue weighted by molar-refractivity contribution is 0.0661. The maximum Gasteiger partial charge on any atom is 0.371 e. The average Bonchev–Trinajstić information content (AvgIpc) is 2.68. The molecule has 1 aromatic heterocycles. The van der Waals surface area contributed by atoms with Gasteiger partial charge in [-0.1, -0.05) is 13.0 Å². The Labute approximate surface area is 106 Å². The summed E-state index contributed by atoms with van der Waals surface area (Å²) in [6, 6.07) is 1.03. The maximum absolute atomic E-state index is 12.2. The topological polar surface area (TPSA) is 87.8 Å². The van der Waals surface area contributed by atoms with E-state index in [4.69, 9.17) is 9.52 Å². The van der Waals surface area contributed by atoms with E-state index in [1.54, 1.807) is 6.92 Å². The zero-order valence-corrected chi connectivity index (χ0v) is 11.0. The fourth-order valence-corrected chi connectivity index (χ4v) is 3.09. The van der Waals surface area contributed by atoms with E-state index in [1.807, 2.05) is 0 Å². The summed E-state index contributed by atoms with van der Waals surface area (Å²) in [6.07, 6.45) is 1.47. The minimum Gasteiger partial charge on any atom is -0.475 e. The lowest BCUT2D eigenvalue weighted by Gasteiger charge is -2.17. The molecule has 0 saturated carbocycles. The molecular formula is C11H15NO5S. The van der Waals surface area contributed by atoms with Crippen LogP contribution in [0.3, 0.4) is 0 Å². The number of carboxylic acids is 1. The number of carbonyl (C=O) groups is 1. The number of nitrogens with zero attached hydrogens (tertiary/aromatic N) is 1. The number of hydrogen-bond donors (Lipinski definition) is 1. The van der Waals surface area contributed by atoms with E-state index in [9.17, 15) is 13.2 Å². The number of rotatable bonds is 6. The Balaban J connectivity index is 3.27. The number of aryl methyl sites for hydroxylation is 1. The zero-order chi connectivity index (χ0) is 13.9. The minimum absolute atomic E-state index is 0.0647. The molecule has 1 rings (SSSR count). The third-order valence-electron chi connectivity index (χ3n) is 2.39. The van der Waals surface area contributed by atoms with Gasteiger partial charge in [0.1, 0.15) is 10.7 Å². The molecule has 0 spiro atoms. The van der Waals surface area contributed by atoms with E-state index < -0.39 is 16.0 Å². The molecule has 1 heterocycles. The van der Waals surface area contributed by atoms with Crippen molar-refractivity contribution in [3.05, 3.63) is 30.2 Å². The molecule has 7 heteroatoms. The van der Waals surface area contributed by atoms with Crippen molar-refractivity contribution in [2.45, 2.75) is 18.7 Å². The first-order valence-corrected chi connectivity index (χ1v) is 6.73. The molecule has 18 heavy (non-hydrogen) atoms. The van der Waals surface area contributed by atoms with Gasteiger partial charge in [-0.2, -0.15) is 4.31 Å². The highest BCUT2D eigenvalue weighted by molar-refractivity contribution is 7.89. The van der Waals surface area contributed by atoms with Crippen LogP contribution in [0, 0.1) is 6.92 Å². The molecule has 0 fully saturated rings. The molecule has 6 nitrogen and oxygen atoms in total. The third kappa shape index (κ3) is 2.62. The highest BCUT2D eigenvalue weighted by Gasteiger charge is 2.28. The van der Waals surface area contributed by atoms with Crippen molar-refractivity contribution in [2.24, 2.45) is 0 Å². The number of aromatic carboxylic acids is 1. The van der Waals surface area contributed by atoms with Gasteiger partial charge < -0.3 is 9.52 Å². The average molecular weight is 273 g/mol. The van der Waals surface area contributed by atoms with Gasteiger partial charge in [-0.15, -0.1) is 6.58 Å². The quantitative estimate of drug-likeness (QED) is 0.793.